The van der Waals surface area contributed by atoms with Crippen LogP contribution in [0.4, 0.5) is 4.39 Å². The van der Waals surface area contributed by atoms with Gasteiger partial charge in [-0.3, -0.25) is 4.39 Å². The Labute approximate surface area is 80.5 Å². The summed E-state index contributed by atoms with van der Waals surface area (Å²) in [5, 5.41) is 3.33. The molecule has 2 nitrogen and oxygen atoms in total. The lowest BCUT2D eigenvalue weighted by Gasteiger charge is -2.36. The smallest absolute Gasteiger partial charge is 0.0906 e. The molecule has 1 rings (SSSR count). The lowest BCUT2D eigenvalue weighted by Crippen LogP contribution is -2.47. The average molecular weight is 188 g/mol. The highest BCUT2D eigenvalue weighted by molar-refractivity contribution is 4.81. The van der Waals surface area contributed by atoms with Crippen molar-refractivity contribution in [3.05, 3.63) is 0 Å². The fraction of sp³-hybridized carbons (Fsp3) is 1.00. The van der Waals surface area contributed by atoms with Crippen LogP contribution in [0.15, 0.2) is 0 Å². The van der Waals surface area contributed by atoms with E-state index in [9.17, 15) is 4.39 Å². The van der Waals surface area contributed by atoms with Crippen molar-refractivity contribution < 1.29 is 4.39 Å². The minimum atomic E-state index is -0.180. The van der Waals surface area contributed by atoms with Crippen LogP contribution in [0.3, 0.4) is 0 Å². The summed E-state index contributed by atoms with van der Waals surface area (Å²) in [6, 6.07) is 0.654. The molecular weight excluding hydrogens is 167 g/mol. The average Bonchev–Trinajstić information content (AvgIpc) is 2.15. The quantitative estimate of drug-likeness (QED) is 0.715. The van der Waals surface area contributed by atoms with E-state index in [1.807, 2.05) is 7.05 Å². The fourth-order valence-electron chi connectivity index (χ4n) is 2.15. The van der Waals surface area contributed by atoms with E-state index in [4.69, 9.17) is 0 Å². The molecule has 1 N–H and O–H groups in total. The molecule has 1 aliphatic heterocycles. The number of nitrogens with one attached hydrogen (secondary N) is 1. The van der Waals surface area contributed by atoms with Gasteiger partial charge in [0.15, 0.2) is 0 Å². The largest absolute Gasteiger partial charge is 0.317 e. The number of halogens is 1. The number of rotatable bonds is 4. The van der Waals surface area contributed by atoms with E-state index < -0.39 is 0 Å². The molecule has 0 bridgehead atoms. The monoisotopic (exact) mass is 188 g/mol. The van der Waals surface area contributed by atoms with Gasteiger partial charge in [0, 0.05) is 19.1 Å². The zero-order chi connectivity index (χ0) is 9.68. The third-order valence-corrected chi connectivity index (χ3v) is 2.97. The summed E-state index contributed by atoms with van der Waals surface area (Å²) < 4.78 is 11.9. The Bertz CT molecular complexity index is 141. The van der Waals surface area contributed by atoms with Crippen LogP contribution in [-0.2, 0) is 0 Å². The predicted molar refractivity (Wildman–Crippen MR) is 53.7 cm³/mol. The van der Waals surface area contributed by atoms with Gasteiger partial charge in [-0.2, -0.15) is 0 Å². The van der Waals surface area contributed by atoms with Gasteiger partial charge in [0.2, 0.25) is 0 Å². The number of likely N-dealkylation sites (tertiary alicyclic amines) is 1. The first-order valence-corrected chi connectivity index (χ1v) is 5.23. The molecule has 0 radical (unpaired) electrons. The molecule has 2 unspecified atom stereocenters. The molecule has 2 atom stereocenters. The van der Waals surface area contributed by atoms with Crippen LogP contribution in [0.1, 0.15) is 19.8 Å². The molecule has 0 saturated carbocycles. The van der Waals surface area contributed by atoms with Crippen molar-refractivity contribution in [3.63, 3.8) is 0 Å². The summed E-state index contributed by atoms with van der Waals surface area (Å²) in [4.78, 5) is 2.37. The fourth-order valence-corrected chi connectivity index (χ4v) is 2.15. The van der Waals surface area contributed by atoms with E-state index in [1.54, 1.807) is 0 Å². The van der Waals surface area contributed by atoms with Crippen LogP contribution in [0.2, 0.25) is 0 Å². The maximum absolute atomic E-state index is 11.9. The molecule has 1 saturated heterocycles. The van der Waals surface area contributed by atoms with Crippen molar-refractivity contribution in [1.82, 2.24) is 10.2 Å². The van der Waals surface area contributed by atoms with Crippen molar-refractivity contribution in [2.45, 2.75) is 25.8 Å². The molecule has 3 heteroatoms. The summed E-state index contributed by atoms with van der Waals surface area (Å²) in [5.74, 6) is 0.693. The molecule has 13 heavy (non-hydrogen) atoms. The molecule has 0 aromatic heterocycles. The molecule has 0 aromatic rings. The van der Waals surface area contributed by atoms with Gasteiger partial charge in [-0.05, 0) is 32.4 Å². The number of alkyl halides is 1. The van der Waals surface area contributed by atoms with Crippen LogP contribution in [0.25, 0.3) is 0 Å². The molecule has 1 aliphatic rings. The molecule has 78 valence electrons. The summed E-state index contributed by atoms with van der Waals surface area (Å²) in [6.45, 7) is 5.25. The van der Waals surface area contributed by atoms with Crippen molar-refractivity contribution in [2.24, 2.45) is 5.92 Å². The Hall–Kier alpha value is -0.150. The lowest BCUT2D eigenvalue weighted by molar-refractivity contribution is 0.147. The first-order valence-electron chi connectivity index (χ1n) is 5.23. The van der Waals surface area contributed by atoms with Crippen LogP contribution in [-0.4, -0.2) is 44.3 Å². The van der Waals surface area contributed by atoms with E-state index in [1.165, 1.54) is 6.42 Å². The van der Waals surface area contributed by atoms with E-state index in [-0.39, 0.29) is 6.67 Å². The number of piperidine rings is 1. The van der Waals surface area contributed by atoms with Gasteiger partial charge in [0.05, 0.1) is 6.67 Å². The second-order valence-electron chi connectivity index (χ2n) is 4.00. The summed E-state index contributed by atoms with van der Waals surface area (Å²) in [5.41, 5.74) is 0. The van der Waals surface area contributed by atoms with E-state index >= 15 is 0 Å². The predicted octanol–water partition coefficient (Wildman–Crippen LogP) is 1.28. The van der Waals surface area contributed by atoms with E-state index in [2.05, 4.69) is 17.1 Å². The van der Waals surface area contributed by atoms with Crippen LogP contribution < -0.4 is 5.32 Å². The van der Waals surface area contributed by atoms with Crippen LogP contribution in [0.5, 0.6) is 0 Å². The Morgan fingerprint density at radius 1 is 1.54 bits per heavy atom. The highest BCUT2D eigenvalue weighted by Crippen LogP contribution is 2.16. The molecule has 0 aliphatic carbocycles. The number of hydrogen-bond acceptors (Lipinski definition) is 2. The van der Waals surface area contributed by atoms with Gasteiger partial charge >= 0.3 is 0 Å². The van der Waals surface area contributed by atoms with Gasteiger partial charge in [0.1, 0.15) is 0 Å². The van der Waals surface area contributed by atoms with Crippen molar-refractivity contribution in [3.8, 4) is 0 Å². The zero-order valence-corrected chi connectivity index (χ0v) is 8.72. The van der Waals surface area contributed by atoms with Crippen LogP contribution in [0, 0.1) is 5.92 Å². The maximum Gasteiger partial charge on any atom is 0.0906 e. The minimum absolute atomic E-state index is 0.180. The molecule has 0 amide bonds. The molecule has 1 fully saturated rings. The number of hydrogen-bond donors (Lipinski definition) is 1. The molecule has 1 heterocycles. The molecule has 0 aromatic carbocycles. The third-order valence-electron chi connectivity index (χ3n) is 2.97. The van der Waals surface area contributed by atoms with Crippen molar-refractivity contribution in [1.29, 1.82) is 0 Å². The Morgan fingerprint density at radius 3 is 2.85 bits per heavy atom. The van der Waals surface area contributed by atoms with Gasteiger partial charge < -0.3 is 10.2 Å². The highest BCUT2D eigenvalue weighted by atomic mass is 19.1. The molecular formula is C10H21FN2. The van der Waals surface area contributed by atoms with Gasteiger partial charge in [-0.25, -0.2) is 0 Å². The second-order valence-corrected chi connectivity index (χ2v) is 4.00. The van der Waals surface area contributed by atoms with Crippen molar-refractivity contribution >= 4 is 0 Å². The van der Waals surface area contributed by atoms with Gasteiger partial charge in [-0.1, -0.05) is 6.92 Å². The molecule has 0 spiro atoms. The first kappa shape index (κ1) is 10.9. The summed E-state index contributed by atoms with van der Waals surface area (Å²) in [7, 11) is 2.03. The Kier molecular flexibility index (Phi) is 4.67. The van der Waals surface area contributed by atoms with Gasteiger partial charge in [0.25, 0.3) is 0 Å². The van der Waals surface area contributed by atoms with E-state index in [0.717, 1.165) is 19.6 Å². The highest BCUT2D eigenvalue weighted by Gasteiger charge is 2.23. The second kappa shape index (κ2) is 5.55. The lowest BCUT2D eigenvalue weighted by atomic mass is 9.94. The van der Waals surface area contributed by atoms with Gasteiger partial charge in [-0.15, -0.1) is 0 Å². The summed E-state index contributed by atoms with van der Waals surface area (Å²) >= 11 is 0. The van der Waals surface area contributed by atoms with E-state index in [0.29, 0.717) is 18.4 Å². The Balaban J connectivity index is 2.24. The zero-order valence-electron chi connectivity index (χ0n) is 8.72. The Morgan fingerprint density at radius 2 is 2.31 bits per heavy atom. The standard InChI is InChI=1S/C10H21FN2/c1-9-8-13(6-3-5-11)7-4-10(9)12-2/h9-10,12H,3-8H2,1-2H3. The first-order chi connectivity index (χ1) is 6.27. The topological polar surface area (TPSA) is 15.3 Å². The SMILES string of the molecule is CNC1CCN(CCCF)CC1C. The summed E-state index contributed by atoms with van der Waals surface area (Å²) in [6.07, 6.45) is 1.89. The number of nitrogens with zero attached hydrogens (tertiary/aromatic N) is 1. The maximum atomic E-state index is 11.9. The van der Waals surface area contributed by atoms with Crippen molar-refractivity contribution in [2.75, 3.05) is 33.4 Å². The third kappa shape index (κ3) is 3.24. The normalized spacial score (nSPS) is 30.7. The van der Waals surface area contributed by atoms with Crippen LogP contribution >= 0.6 is 0 Å². The minimum Gasteiger partial charge on any atom is -0.317 e.